The molecule has 1 unspecified atom stereocenters. The van der Waals surface area contributed by atoms with Crippen molar-refractivity contribution in [3.63, 3.8) is 0 Å². The van der Waals surface area contributed by atoms with Crippen molar-refractivity contribution in [3.8, 4) is 0 Å². The molecule has 0 aliphatic heterocycles. The van der Waals surface area contributed by atoms with Gasteiger partial charge in [-0.3, -0.25) is 4.79 Å². The number of hydrogen-bond acceptors (Lipinski definition) is 3. The molecule has 4 nitrogen and oxygen atoms in total. The number of aliphatic carboxylic acids is 1. The number of thiophene rings is 1. The van der Waals surface area contributed by atoms with Gasteiger partial charge in [0, 0.05) is 11.3 Å². The lowest BCUT2D eigenvalue weighted by Crippen LogP contribution is -2.44. The number of rotatable bonds is 6. The van der Waals surface area contributed by atoms with Gasteiger partial charge in [0.05, 0.1) is 0 Å². The van der Waals surface area contributed by atoms with E-state index in [1.807, 2.05) is 17.5 Å². The third kappa shape index (κ3) is 4.56. The first-order valence-corrected chi connectivity index (χ1v) is 6.43. The van der Waals surface area contributed by atoms with E-state index < -0.39 is 12.0 Å². The van der Waals surface area contributed by atoms with Gasteiger partial charge in [-0.1, -0.05) is 19.9 Å². The third-order valence-corrected chi connectivity index (χ3v) is 3.36. The van der Waals surface area contributed by atoms with Crippen LogP contribution in [0, 0.1) is 5.92 Å². The van der Waals surface area contributed by atoms with Gasteiger partial charge < -0.3 is 10.4 Å². The average Bonchev–Trinajstić information content (AvgIpc) is 2.74. The van der Waals surface area contributed by atoms with Crippen molar-refractivity contribution in [3.05, 3.63) is 22.4 Å². The number of aryl methyl sites for hydroxylation is 1. The van der Waals surface area contributed by atoms with E-state index in [1.54, 1.807) is 25.2 Å². The van der Waals surface area contributed by atoms with E-state index in [4.69, 9.17) is 5.11 Å². The predicted octanol–water partition coefficient (Wildman–Crippen LogP) is 1.91. The molecule has 0 aliphatic rings. The molecule has 2 N–H and O–H groups in total. The Hall–Kier alpha value is -1.36. The molecule has 1 aromatic heterocycles. The summed E-state index contributed by atoms with van der Waals surface area (Å²) in [7, 11) is 0. The van der Waals surface area contributed by atoms with Crippen LogP contribution in [0.1, 0.15) is 25.1 Å². The second-order valence-corrected chi connectivity index (χ2v) is 5.24. The molecule has 0 radical (unpaired) electrons. The van der Waals surface area contributed by atoms with Crippen molar-refractivity contribution < 1.29 is 14.7 Å². The summed E-state index contributed by atoms with van der Waals surface area (Å²) in [6, 6.07) is 3.10. The van der Waals surface area contributed by atoms with Crippen LogP contribution in [0.2, 0.25) is 0 Å². The average molecular weight is 255 g/mol. The van der Waals surface area contributed by atoms with Crippen molar-refractivity contribution in [1.82, 2.24) is 5.32 Å². The minimum Gasteiger partial charge on any atom is -0.480 e. The first kappa shape index (κ1) is 13.7. The Bertz CT molecular complexity index is 373. The van der Waals surface area contributed by atoms with E-state index in [2.05, 4.69) is 5.32 Å². The molecule has 0 fully saturated rings. The number of carbonyl (C=O) groups excluding carboxylic acids is 1. The fourth-order valence-corrected chi connectivity index (χ4v) is 2.16. The molecule has 1 amide bonds. The number of hydrogen-bond donors (Lipinski definition) is 2. The Morgan fingerprint density at radius 2 is 2.18 bits per heavy atom. The molecule has 0 saturated heterocycles. The molecule has 0 spiro atoms. The van der Waals surface area contributed by atoms with Crippen LogP contribution in [0.5, 0.6) is 0 Å². The molecule has 0 saturated carbocycles. The second kappa shape index (κ2) is 6.39. The van der Waals surface area contributed by atoms with Gasteiger partial charge in [-0.05, 0) is 23.8 Å². The molecule has 1 rings (SSSR count). The number of nitrogens with one attached hydrogen (secondary N) is 1. The minimum absolute atomic E-state index is 0.113. The fourth-order valence-electron chi connectivity index (χ4n) is 1.45. The van der Waals surface area contributed by atoms with Crippen molar-refractivity contribution >= 4 is 23.2 Å². The predicted molar refractivity (Wildman–Crippen MR) is 67.0 cm³/mol. The maximum Gasteiger partial charge on any atom is 0.326 e. The Balaban J connectivity index is 2.40. The van der Waals surface area contributed by atoms with Crippen molar-refractivity contribution in [2.24, 2.45) is 5.92 Å². The Labute approximate surface area is 105 Å². The van der Waals surface area contributed by atoms with Gasteiger partial charge in [0.2, 0.25) is 5.91 Å². The number of amides is 1. The minimum atomic E-state index is -0.982. The highest BCUT2D eigenvalue weighted by atomic mass is 32.1. The van der Waals surface area contributed by atoms with Gasteiger partial charge in [-0.25, -0.2) is 4.79 Å². The van der Waals surface area contributed by atoms with Gasteiger partial charge in [-0.15, -0.1) is 11.3 Å². The number of carbonyl (C=O) groups is 2. The standard InChI is InChI=1S/C12H17NO3S/c1-8(2)11(12(15)16)13-10(14)6-5-9-4-3-7-17-9/h3-4,7-8,11H,5-6H2,1-2H3,(H,13,14)(H,15,16). The zero-order chi connectivity index (χ0) is 12.8. The van der Waals surface area contributed by atoms with Gasteiger partial charge >= 0.3 is 5.97 Å². The van der Waals surface area contributed by atoms with Crippen LogP contribution in [0.25, 0.3) is 0 Å². The summed E-state index contributed by atoms with van der Waals surface area (Å²) in [5.74, 6) is -1.30. The van der Waals surface area contributed by atoms with Gasteiger partial charge in [-0.2, -0.15) is 0 Å². The summed E-state index contributed by atoms with van der Waals surface area (Å²) in [4.78, 5) is 23.6. The van der Waals surface area contributed by atoms with Gasteiger partial charge in [0.1, 0.15) is 6.04 Å². The molecular formula is C12H17NO3S. The third-order valence-electron chi connectivity index (χ3n) is 2.43. The summed E-state index contributed by atoms with van der Waals surface area (Å²) < 4.78 is 0. The van der Waals surface area contributed by atoms with Gasteiger partial charge in [0.15, 0.2) is 0 Å². The SMILES string of the molecule is CC(C)C(NC(=O)CCc1cccs1)C(=O)O. The number of carboxylic acid groups (broad SMARTS) is 1. The van der Waals surface area contributed by atoms with Crippen molar-refractivity contribution in [1.29, 1.82) is 0 Å². The summed E-state index contributed by atoms with van der Waals surface area (Å²) in [5.41, 5.74) is 0. The topological polar surface area (TPSA) is 66.4 Å². The zero-order valence-electron chi connectivity index (χ0n) is 9.97. The molecule has 0 aromatic carbocycles. The molecular weight excluding hydrogens is 238 g/mol. The van der Waals surface area contributed by atoms with Crippen LogP contribution in [-0.2, 0) is 16.0 Å². The number of carboxylic acids is 1. The van der Waals surface area contributed by atoms with E-state index in [1.165, 1.54) is 0 Å². The molecule has 94 valence electrons. The van der Waals surface area contributed by atoms with Crippen LogP contribution in [0.4, 0.5) is 0 Å². The van der Waals surface area contributed by atoms with Crippen LogP contribution < -0.4 is 5.32 Å². The van der Waals surface area contributed by atoms with E-state index >= 15 is 0 Å². The zero-order valence-corrected chi connectivity index (χ0v) is 10.8. The summed E-state index contributed by atoms with van der Waals surface area (Å²) >= 11 is 1.60. The first-order chi connectivity index (χ1) is 8.00. The van der Waals surface area contributed by atoms with Crippen LogP contribution in [0.3, 0.4) is 0 Å². The molecule has 0 aliphatic carbocycles. The van der Waals surface area contributed by atoms with E-state index in [0.717, 1.165) is 4.88 Å². The van der Waals surface area contributed by atoms with Crippen LogP contribution in [-0.4, -0.2) is 23.0 Å². The lowest BCUT2D eigenvalue weighted by Gasteiger charge is -2.17. The molecule has 5 heteroatoms. The van der Waals surface area contributed by atoms with E-state index in [0.29, 0.717) is 12.8 Å². The highest BCUT2D eigenvalue weighted by Gasteiger charge is 2.22. The highest BCUT2D eigenvalue weighted by molar-refractivity contribution is 7.09. The monoisotopic (exact) mass is 255 g/mol. The Morgan fingerprint density at radius 1 is 1.47 bits per heavy atom. The van der Waals surface area contributed by atoms with Crippen LogP contribution >= 0.6 is 11.3 Å². The lowest BCUT2D eigenvalue weighted by molar-refractivity contribution is -0.143. The normalized spacial score (nSPS) is 12.4. The molecule has 1 aromatic rings. The summed E-state index contributed by atoms with van der Waals surface area (Å²) in [5, 5.41) is 13.4. The molecule has 1 atom stereocenters. The Morgan fingerprint density at radius 3 is 2.65 bits per heavy atom. The van der Waals surface area contributed by atoms with E-state index in [-0.39, 0.29) is 11.8 Å². The van der Waals surface area contributed by atoms with Gasteiger partial charge in [0.25, 0.3) is 0 Å². The van der Waals surface area contributed by atoms with Crippen molar-refractivity contribution in [2.45, 2.75) is 32.7 Å². The summed E-state index contributed by atoms with van der Waals surface area (Å²) in [6.45, 7) is 3.55. The maximum atomic E-state index is 11.6. The maximum absolute atomic E-state index is 11.6. The smallest absolute Gasteiger partial charge is 0.326 e. The lowest BCUT2D eigenvalue weighted by atomic mass is 10.0. The second-order valence-electron chi connectivity index (χ2n) is 4.21. The largest absolute Gasteiger partial charge is 0.480 e. The first-order valence-electron chi connectivity index (χ1n) is 5.55. The van der Waals surface area contributed by atoms with Crippen LogP contribution in [0.15, 0.2) is 17.5 Å². The van der Waals surface area contributed by atoms with Crippen molar-refractivity contribution in [2.75, 3.05) is 0 Å². The molecule has 17 heavy (non-hydrogen) atoms. The quantitative estimate of drug-likeness (QED) is 0.816. The fraction of sp³-hybridized carbons (Fsp3) is 0.500. The molecule has 1 heterocycles. The Kier molecular flexibility index (Phi) is 5.15. The molecule has 0 bridgehead atoms. The summed E-state index contributed by atoms with van der Waals surface area (Å²) in [6.07, 6.45) is 0.991. The highest BCUT2D eigenvalue weighted by Crippen LogP contribution is 2.11. The van der Waals surface area contributed by atoms with E-state index in [9.17, 15) is 9.59 Å².